The van der Waals surface area contributed by atoms with Gasteiger partial charge in [0, 0.05) is 5.22 Å². The van der Waals surface area contributed by atoms with E-state index in [9.17, 15) is 19.8 Å². The minimum Gasteiger partial charge on any atom is -0.493 e. The van der Waals surface area contributed by atoms with Crippen LogP contribution >= 0.6 is 23.6 Å². The second-order valence-electron chi connectivity index (χ2n) is 5.73. The Hall–Kier alpha value is -2.32. The van der Waals surface area contributed by atoms with E-state index in [0.717, 1.165) is 11.3 Å². The number of thiazole rings is 1. The molecule has 2 heterocycles. The van der Waals surface area contributed by atoms with E-state index in [2.05, 4.69) is 4.99 Å². The topological polar surface area (TPSA) is 91.9 Å². The molecule has 1 aromatic carbocycles. The standard InChI is InChI=1S/C16H14N2O4S2/c1-7(2)11(15(21)22)18-14(20)12(24-16(18)23)10-8-5-3-4-6-9(8)17-13(10)19/h3-7,11,20H,1-2H3,(H,21,22)/t11-/m0/s1. The third kappa shape index (κ3) is 2.47. The molecule has 24 heavy (non-hydrogen) atoms. The molecule has 1 aromatic heterocycles. The van der Waals surface area contributed by atoms with Crippen molar-refractivity contribution in [2.45, 2.75) is 19.9 Å². The molecule has 1 aliphatic rings. The van der Waals surface area contributed by atoms with E-state index in [1.165, 1.54) is 4.57 Å². The number of benzene rings is 1. The molecule has 1 aliphatic heterocycles. The molecule has 124 valence electrons. The second-order valence-corrected chi connectivity index (χ2v) is 7.37. The van der Waals surface area contributed by atoms with Gasteiger partial charge >= 0.3 is 5.97 Å². The summed E-state index contributed by atoms with van der Waals surface area (Å²) in [5.41, 5.74) is 0.255. The van der Waals surface area contributed by atoms with Crippen molar-refractivity contribution in [1.82, 2.24) is 4.57 Å². The predicted octanol–water partition coefficient (Wildman–Crippen LogP) is 1.63. The van der Waals surface area contributed by atoms with E-state index in [1.807, 2.05) is 0 Å². The van der Waals surface area contributed by atoms with E-state index in [-0.39, 0.29) is 26.2 Å². The van der Waals surface area contributed by atoms with Crippen LogP contribution in [-0.4, -0.2) is 26.7 Å². The largest absolute Gasteiger partial charge is 0.493 e. The smallest absolute Gasteiger partial charge is 0.327 e. The molecule has 0 aliphatic carbocycles. The molecule has 0 spiro atoms. The molecule has 0 radical (unpaired) electrons. The van der Waals surface area contributed by atoms with Gasteiger partial charge in [-0.25, -0.2) is 9.79 Å². The second kappa shape index (κ2) is 5.95. The number of hydrogen-bond acceptors (Lipinski definition) is 5. The Balaban J connectivity index is 2.30. The zero-order valence-electron chi connectivity index (χ0n) is 12.9. The number of carboxylic acid groups (broad SMARTS) is 1. The Morgan fingerprint density at radius 3 is 2.62 bits per heavy atom. The first-order valence-electron chi connectivity index (χ1n) is 7.22. The van der Waals surface area contributed by atoms with Crippen molar-refractivity contribution in [2.75, 3.05) is 0 Å². The number of aromatic nitrogens is 1. The van der Waals surface area contributed by atoms with Gasteiger partial charge in [0.05, 0.1) is 10.9 Å². The van der Waals surface area contributed by atoms with Crippen LogP contribution < -0.4 is 10.6 Å². The number of para-hydroxylation sites is 1. The number of carbonyl (C=O) groups excluding carboxylic acids is 1. The highest BCUT2D eigenvalue weighted by Crippen LogP contribution is 2.36. The number of carbonyl (C=O) groups is 2. The van der Waals surface area contributed by atoms with E-state index in [4.69, 9.17) is 12.2 Å². The van der Waals surface area contributed by atoms with Crippen molar-refractivity contribution < 1.29 is 19.8 Å². The van der Waals surface area contributed by atoms with Crippen molar-refractivity contribution in [1.29, 1.82) is 0 Å². The maximum absolute atomic E-state index is 12.3. The Morgan fingerprint density at radius 1 is 1.33 bits per heavy atom. The maximum atomic E-state index is 12.3. The van der Waals surface area contributed by atoms with Gasteiger partial charge in [-0.05, 0) is 24.2 Å². The first-order chi connectivity index (χ1) is 11.3. The number of nitrogens with zero attached hydrogens (tertiary/aromatic N) is 2. The average molecular weight is 362 g/mol. The van der Waals surface area contributed by atoms with Crippen LogP contribution in [-0.2, 0) is 9.59 Å². The minimum absolute atomic E-state index is 0.202. The first-order valence-corrected chi connectivity index (χ1v) is 8.45. The highest BCUT2D eigenvalue weighted by atomic mass is 32.1. The zero-order valence-corrected chi connectivity index (χ0v) is 14.5. The lowest BCUT2D eigenvalue weighted by Gasteiger charge is -2.18. The molecule has 0 saturated carbocycles. The summed E-state index contributed by atoms with van der Waals surface area (Å²) in [7, 11) is 0. The van der Waals surface area contributed by atoms with Gasteiger partial charge < -0.3 is 10.2 Å². The van der Waals surface area contributed by atoms with Crippen LogP contribution in [0.2, 0.25) is 0 Å². The Morgan fingerprint density at radius 2 is 2.00 bits per heavy atom. The lowest BCUT2D eigenvalue weighted by molar-refractivity contribution is -0.142. The first kappa shape index (κ1) is 16.5. The molecular formula is C16H14N2O4S2. The van der Waals surface area contributed by atoms with Crippen molar-refractivity contribution in [3.8, 4) is 5.88 Å². The molecule has 2 N–H and O–H groups in total. The predicted molar refractivity (Wildman–Crippen MR) is 91.1 cm³/mol. The summed E-state index contributed by atoms with van der Waals surface area (Å²) in [6, 6.07) is 5.98. The summed E-state index contributed by atoms with van der Waals surface area (Å²) < 4.78 is 1.40. The van der Waals surface area contributed by atoms with Crippen molar-refractivity contribution in [3.05, 3.63) is 43.7 Å². The van der Waals surface area contributed by atoms with E-state index in [0.29, 0.717) is 10.6 Å². The van der Waals surface area contributed by atoms with Gasteiger partial charge in [0.1, 0.15) is 10.9 Å². The summed E-state index contributed by atoms with van der Waals surface area (Å²) in [6.45, 7) is 3.46. The molecular weight excluding hydrogens is 348 g/mol. The molecule has 8 heteroatoms. The third-order valence-electron chi connectivity index (χ3n) is 3.82. The van der Waals surface area contributed by atoms with E-state index in [1.54, 1.807) is 38.1 Å². The highest BCUT2D eigenvalue weighted by Gasteiger charge is 2.31. The lowest BCUT2D eigenvalue weighted by atomic mass is 10.0. The van der Waals surface area contributed by atoms with Gasteiger partial charge in [0.15, 0.2) is 3.95 Å². The number of aromatic hydroxyl groups is 1. The van der Waals surface area contributed by atoms with E-state index >= 15 is 0 Å². The van der Waals surface area contributed by atoms with Crippen LogP contribution in [0.25, 0.3) is 5.57 Å². The number of hydrogen-bond donors (Lipinski definition) is 2. The Bertz CT molecular complexity index is 1030. The van der Waals surface area contributed by atoms with Crippen LogP contribution in [0.5, 0.6) is 5.88 Å². The average Bonchev–Trinajstić information content (AvgIpc) is 2.97. The molecule has 2 aromatic rings. The van der Waals surface area contributed by atoms with Gasteiger partial charge in [-0.3, -0.25) is 9.36 Å². The monoisotopic (exact) mass is 362 g/mol. The van der Waals surface area contributed by atoms with Crippen LogP contribution in [0, 0.1) is 9.87 Å². The van der Waals surface area contributed by atoms with Gasteiger partial charge in [-0.2, -0.15) is 0 Å². The number of amides is 1. The fourth-order valence-corrected chi connectivity index (χ4v) is 4.17. The van der Waals surface area contributed by atoms with Gasteiger partial charge in [-0.15, -0.1) is 11.3 Å². The molecule has 0 bridgehead atoms. The van der Waals surface area contributed by atoms with Gasteiger partial charge in [-0.1, -0.05) is 32.0 Å². The molecule has 0 fully saturated rings. The highest BCUT2D eigenvalue weighted by molar-refractivity contribution is 7.73. The van der Waals surface area contributed by atoms with Crippen molar-refractivity contribution in [3.63, 3.8) is 0 Å². The molecule has 0 unspecified atom stereocenters. The summed E-state index contributed by atoms with van der Waals surface area (Å²) in [4.78, 5) is 28.1. The van der Waals surface area contributed by atoms with Crippen LogP contribution in [0.3, 0.4) is 0 Å². The number of fused-ring (bicyclic) bond motifs is 1. The van der Waals surface area contributed by atoms with Gasteiger partial charge in [0.2, 0.25) is 5.88 Å². The minimum atomic E-state index is -1.09. The van der Waals surface area contributed by atoms with Crippen LogP contribution in [0.1, 0.15) is 24.8 Å². The molecule has 1 amide bonds. The molecule has 3 rings (SSSR count). The maximum Gasteiger partial charge on any atom is 0.327 e. The molecule has 6 nitrogen and oxygen atoms in total. The Kier molecular flexibility index (Phi) is 4.10. The van der Waals surface area contributed by atoms with E-state index < -0.39 is 17.9 Å². The molecule has 1 atom stereocenters. The summed E-state index contributed by atoms with van der Waals surface area (Å²) >= 11 is 6.27. The number of aliphatic carboxylic acids is 1. The molecule has 0 saturated heterocycles. The fraction of sp³-hybridized carbons (Fsp3) is 0.250. The lowest BCUT2D eigenvalue weighted by Crippen LogP contribution is -2.24. The quantitative estimate of drug-likeness (QED) is 0.807. The third-order valence-corrected chi connectivity index (χ3v) is 5.23. The SMILES string of the molecule is CC(C)[C@@H](C(=O)O)n1c(O)c(C2=c3ccccc3=NC2=O)sc1=S. The van der Waals surface area contributed by atoms with Crippen molar-refractivity contribution in [2.24, 2.45) is 10.9 Å². The van der Waals surface area contributed by atoms with Gasteiger partial charge in [0.25, 0.3) is 5.91 Å². The fourth-order valence-electron chi connectivity index (χ4n) is 2.76. The number of rotatable bonds is 4. The normalized spacial score (nSPS) is 14.6. The number of carboxylic acids is 1. The Labute approximate surface area is 146 Å². The summed E-state index contributed by atoms with van der Waals surface area (Å²) in [5.74, 6) is -2.15. The zero-order chi connectivity index (χ0) is 17.6. The summed E-state index contributed by atoms with van der Waals surface area (Å²) in [6.07, 6.45) is 0. The van der Waals surface area contributed by atoms with Crippen molar-refractivity contribution >= 4 is 41.0 Å². The van der Waals surface area contributed by atoms with Crippen LogP contribution in [0.4, 0.5) is 0 Å². The summed E-state index contributed by atoms with van der Waals surface area (Å²) in [5, 5.41) is 21.2. The van der Waals surface area contributed by atoms with Crippen LogP contribution in [0.15, 0.2) is 29.3 Å².